The van der Waals surface area contributed by atoms with E-state index in [1.165, 1.54) is 43.7 Å². The number of para-hydroxylation sites is 4. The Balaban J connectivity index is 0.000000124. The van der Waals surface area contributed by atoms with Crippen molar-refractivity contribution in [2.75, 3.05) is 26.9 Å². The van der Waals surface area contributed by atoms with Crippen molar-refractivity contribution in [1.29, 1.82) is 0 Å². The molecule has 4 saturated carbocycles. The summed E-state index contributed by atoms with van der Waals surface area (Å²) >= 11 is 25.3. The zero-order chi connectivity index (χ0) is 93.0. The number of hydrogen-bond donors (Lipinski definition) is 6. The Morgan fingerprint density at radius 3 is 1.00 bits per heavy atom. The van der Waals surface area contributed by atoms with Gasteiger partial charge in [0, 0.05) is 78.5 Å². The van der Waals surface area contributed by atoms with Crippen LogP contribution in [0.15, 0.2) is 244 Å². The molecule has 4 aliphatic rings. The van der Waals surface area contributed by atoms with Gasteiger partial charge in [0.25, 0.3) is 45.3 Å². The Labute approximate surface area is 786 Å². The third-order valence-corrected chi connectivity index (χ3v) is 25.4. The molecule has 4 aliphatic carbocycles. The zero-order valence-electron chi connectivity index (χ0n) is 72.9. The average Bonchev–Trinajstić information content (AvgIpc) is 1.59. The lowest BCUT2D eigenvalue weighted by Crippen LogP contribution is -2.26. The van der Waals surface area contributed by atoms with Gasteiger partial charge >= 0.3 is 0 Å². The molecule has 0 saturated heterocycles. The fraction of sp³-hybridized carbons (Fsp3) is 0.270. The third kappa shape index (κ3) is 21.8. The SMILES string of the molecule is C=C(NCC1(COC)CC1)c1ccccc1OCc1nc2nc(-c3ccccc3)[nH]n2c(=O)c1Cl.O=C(CCC1(CO)CC1)c1ccccc1OCc1nc2nc(-c3ccccc3)[nH]n2c(=O)c1Cl.O=C(CCC1CC1)c1ccccc1OCc1nc2nc(-c3ccccc3)[nH]n2c(=O)c1Cl.O=C(CCCC1CC1)c1ccccc1OCc1nc2nc(-c3ccccc3)[nH]n2c(=O)c1Cl. The summed E-state index contributed by atoms with van der Waals surface area (Å²) < 4.78 is 33.9. The zero-order valence-corrected chi connectivity index (χ0v) is 76.0. The minimum atomic E-state index is -0.483. The Bertz CT molecular complexity index is 7250. The Kier molecular flexibility index (Phi) is 28.4. The van der Waals surface area contributed by atoms with Crippen LogP contribution in [0.5, 0.6) is 23.0 Å². The summed E-state index contributed by atoms with van der Waals surface area (Å²) in [5, 5.41) is 24.5. The number of H-pyrrole nitrogens is 4. The first-order valence-electron chi connectivity index (χ1n) is 44.1. The van der Waals surface area contributed by atoms with Gasteiger partial charge in [0.2, 0.25) is 0 Å². The van der Waals surface area contributed by atoms with Crippen LogP contribution in [0.25, 0.3) is 74.4 Å². The highest BCUT2D eigenvalue weighted by molar-refractivity contribution is 6.32. The first-order chi connectivity index (χ1) is 65.2. The van der Waals surface area contributed by atoms with Crippen molar-refractivity contribution < 1.29 is 43.2 Å². The van der Waals surface area contributed by atoms with Crippen LogP contribution in [0.2, 0.25) is 20.1 Å². The molecule has 16 aromatic rings. The number of methoxy groups -OCH3 is 1. The van der Waals surface area contributed by atoms with Crippen LogP contribution < -0.4 is 46.5 Å². The molecule has 6 N–H and O–H groups in total. The van der Waals surface area contributed by atoms with Gasteiger partial charge in [-0.25, -0.2) is 19.9 Å². The second-order valence-corrected chi connectivity index (χ2v) is 35.2. The van der Waals surface area contributed by atoms with Gasteiger partial charge in [0.05, 0.1) is 23.3 Å². The Morgan fingerprint density at radius 1 is 0.396 bits per heavy atom. The number of aromatic nitrogens is 16. The van der Waals surface area contributed by atoms with E-state index in [1.807, 2.05) is 164 Å². The maximum atomic E-state index is 12.8. The van der Waals surface area contributed by atoms with Crippen LogP contribution >= 0.6 is 46.4 Å². The molecule has 34 heteroatoms. The minimum Gasteiger partial charge on any atom is -0.487 e. The van der Waals surface area contributed by atoms with Crippen molar-refractivity contribution in [3.8, 4) is 68.5 Å². The van der Waals surface area contributed by atoms with Crippen molar-refractivity contribution in [1.82, 2.24) is 83.6 Å². The monoisotopic (exact) mass is 1880 g/mol. The first-order valence-corrected chi connectivity index (χ1v) is 45.6. The van der Waals surface area contributed by atoms with Gasteiger partial charge in [0.1, 0.15) is 92.3 Å². The van der Waals surface area contributed by atoms with Gasteiger partial charge in [-0.1, -0.05) is 255 Å². The van der Waals surface area contributed by atoms with Gasteiger partial charge in [-0.3, -0.25) is 54.0 Å². The summed E-state index contributed by atoms with van der Waals surface area (Å²) in [4.78, 5) is 125. The van der Waals surface area contributed by atoms with Crippen molar-refractivity contribution in [2.45, 2.75) is 123 Å². The lowest BCUT2D eigenvalue weighted by molar-refractivity contribution is 0.0952. The number of nitrogens with one attached hydrogen (secondary N) is 5. The van der Waals surface area contributed by atoms with E-state index in [4.69, 9.17) is 70.1 Å². The molecule has 134 heavy (non-hydrogen) atoms. The summed E-state index contributed by atoms with van der Waals surface area (Å²) in [7, 11) is 1.73. The number of rotatable bonds is 36. The number of ether oxygens (including phenoxy) is 5. The molecule has 0 radical (unpaired) electrons. The quantitative estimate of drug-likeness (QED) is 0.0199. The summed E-state index contributed by atoms with van der Waals surface area (Å²) in [5.41, 5.74) is 5.75. The van der Waals surface area contributed by atoms with Gasteiger partial charge in [-0.15, -0.1) is 0 Å². The molecule has 0 aliphatic heterocycles. The average molecular weight is 1880 g/mol. The molecular formula is C100H93Cl4N17O13. The van der Waals surface area contributed by atoms with Crippen molar-refractivity contribution >= 4 is 92.6 Å². The number of fused-ring (bicyclic) bond motifs is 4. The third-order valence-electron chi connectivity index (χ3n) is 23.9. The summed E-state index contributed by atoms with van der Waals surface area (Å²) in [6, 6.07) is 66.6. The predicted molar refractivity (Wildman–Crippen MR) is 509 cm³/mol. The molecule has 0 amide bonds. The molecule has 684 valence electrons. The molecule has 8 heterocycles. The standard InChI is InChI=1S/C26H26ClN5O3.C25H23ClN4O4.C25H23ClN4O3.C24H21ClN4O3/c1-17(28-15-26(12-13-26)16-34-2)19-10-6-7-11-21(19)35-14-20-22(27)24(33)32-25(29-20)30-23(31-32)18-8-4-3-5-9-18;26-21-18(27-24-28-22(29-30(24)23(21)33)16-6-2-1-3-7-16)14-34-20-9-5-4-8-17(20)19(32)10-11-25(15-31)12-13-25;26-22-19(27-25-28-23(29-30(25)24(22)32)17-8-2-1-3-9-17)15-33-21-12-5-4-10-18(21)20(31)11-6-7-16-13-14-16;25-21-18(14-32-20-9-5-4-8-17(20)19(30)13-12-15-10-11-15)26-24-27-22(28-29(24)23(21)31)16-6-2-1-3-7-16/h3-11,28H,1,12-16H2,2H3,(H,29,30,31);1-9,31H,10-15H2,(H,27,28,29);1-5,8-10,12,16H,6-7,11,13-15H2,(H,27,28,29);1-9,15H,10-14H2,(H,26,27,28). The molecule has 0 spiro atoms. The van der Waals surface area contributed by atoms with Crippen molar-refractivity contribution in [3.05, 3.63) is 332 Å². The lowest BCUT2D eigenvalue weighted by atomic mass is 9.96. The number of aliphatic hydroxyl groups excluding tert-OH is 1. The molecular weight excluding hydrogens is 1790 g/mol. The molecule has 30 nitrogen and oxygen atoms in total. The van der Waals surface area contributed by atoms with Crippen molar-refractivity contribution in [2.24, 2.45) is 22.7 Å². The largest absolute Gasteiger partial charge is 0.487 e. The number of aromatic amines is 4. The number of halogens is 4. The summed E-state index contributed by atoms with van der Waals surface area (Å²) in [6.45, 7) is 5.64. The highest BCUT2D eigenvalue weighted by Gasteiger charge is 2.43. The van der Waals surface area contributed by atoms with E-state index in [-0.39, 0.29) is 121 Å². The van der Waals surface area contributed by atoms with E-state index in [1.54, 1.807) is 61.7 Å². The number of Topliss-reactive ketones (excluding diaryl/α,β-unsaturated/α-hetero) is 3. The fourth-order valence-electron chi connectivity index (χ4n) is 15.3. The highest BCUT2D eigenvalue weighted by Crippen LogP contribution is 2.50. The van der Waals surface area contributed by atoms with Crippen LogP contribution in [0, 0.1) is 22.7 Å². The molecule has 8 aromatic heterocycles. The number of benzene rings is 8. The van der Waals surface area contributed by atoms with E-state index < -0.39 is 22.2 Å². The van der Waals surface area contributed by atoms with E-state index in [0.717, 1.165) is 97.5 Å². The molecule has 8 aromatic carbocycles. The second-order valence-electron chi connectivity index (χ2n) is 33.7. The van der Waals surface area contributed by atoms with Crippen LogP contribution in [0.3, 0.4) is 0 Å². The Hall–Kier alpha value is -14.0. The fourth-order valence-corrected chi connectivity index (χ4v) is 16.0. The smallest absolute Gasteiger partial charge is 0.293 e. The van der Waals surface area contributed by atoms with E-state index >= 15 is 0 Å². The highest BCUT2D eigenvalue weighted by atomic mass is 35.5. The van der Waals surface area contributed by atoms with Gasteiger partial charge in [-0.05, 0) is 111 Å². The van der Waals surface area contributed by atoms with Crippen LogP contribution in [0.4, 0.5) is 0 Å². The second kappa shape index (κ2) is 41.4. The van der Waals surface area contributed by atoms with Crippen LogP contribution in [0.1, 0.15) is 156 Å². The maximum Gasteiger partial charge on any atom is 0.293 e. The number of aliphatic hydroxyl groups is 1. The van der Waals surface area contributed by atoms with E-state index in [2.05, 4.69) is 72.2 Å². The molecule has 20 rings (SSSR count). The lowest BCUT2D eigenvalue weighted by Gasteiger charge is -2.19. The van der Waals surface area contributed by atoms with Crippen LogP contribution in [-0.2, 0) is 31.2 Å². The molecule has 0 unspecified atom stereocenters. The van der Waals surface area contributed by atoms with Crippen LogP contribution in [-0.4, -0.2) is 128 Å². The number of carbonyl (C=O) groups excluding carboxylic acids is 3. The van der Waals surface area contributed by atoms with Crippen molar-refractivity contribution in [3.63, 3.8) is 0 Å². The van der Waals surface area contributed by atoms with Gasteiger partial charge < -0.3 is 34.1 Å². The molecule has 0 atom stereocenters. The molecule has 4 fully saturated rings. The first kappa shape index (κ1) is 91.9. The number of carbonyl (C=O) groups is 3. The number of ketones is 3. The number of hydrogen-bond acceptors (Lipinski definition) is 22. The predicted octanol–water partition coefficient (Wildman–Crippen LogP) is 18.1. The summed E-state index contributed by atoms with van der Waals surface area (Å²) in [6.07, 6.45) is 14.1. The van der Waals surface area contributed by atoms with E-state index in [9.17, 15) is 38.7 Å². The number of nitrogens with zero attached hydrogens (tertiary/aromatic N) is 12. The summed E-state index contributed by atoms with van der Waals surface area (Å²) in [5.74, 6) is 6.32. The molecule has 0 bridgehead atoms. The maximum absolute atomic E-state index is 12.8. The topological polar surface area (TPSA) is 382 Å². The minimum absolute atomic E-state index is 0.00993. The van der Waals surface area contributed by atoms with Gasteiger partial charge in [0.15, 0.2) is 40.6 Å². The van der Waals surface area contributed by atoms with Gasteiger partial charge in [-0.2, -0.15) is 38.0 Å². The normalized spacial score (nSPS) is 13.8. The Morgan fingerprint density at radius 2 is 0.687 bits per heavy atom. The van der Waals surface area contributed by atoms with E-state index in [0.29, 0.717) is 100 Å².